The smallest absolute Gasteiger partial charge is 0.269 e. The quantitative estimate of drug-likeness (QED) is 0.706. The second kappa shape index (κ2) is 6.44. The van der Waals surface area contributed by atoms with Crippen LogP contribution in [0.2, 0.25) is 0 Å². The lowest BCUT2D eigenvalue weighted by Crippen LogP contribution is -2.21. The third-order valence-electron chi connectivity index (χ3n) is 2.72. The van der Waals surface area contributed by atoms with Crippen molar-refractivity contribution in [3.8, 4) is 11.4 Å². The molecule has 0 aliphatic heterocycles. The molecule has 112 valence electrons. The third kappa shape index (κ3) is 3.34. The van der Waals surface area contributed by atoms with Gasteiger partial charge in [0.2, 0.25) is 10.7 Å². The first-order chi connectivity index (χ1) is 10.7. The van der Waals surface area contributed by atoms with Crippen molar-refractivity contribution < 1.29 is 13.6 Å². The summed E-state index contributed by atoms with van der Waals surface area (Å²) in [6.07, 6.45) is 2.99. The summed E-state index contributed by atoms with van der Waals surface area (Å²) in [5.41, 5.74) is -0.582. The molecule has 0 radical (unpaired) electrons. The first-order valence-corrected chi connectivity index (χ1v) is 7.22. The van der Waals surface area contributed by atoms with Gasteiger partial charge in [-0.3, -0.25) is 9.89 Å². The summed E-state index contributed by atoms with van der Waals surface area (Å²) in [7, 11) is 0. The number of anilines is 1. The SMILES string of the molecule is O=C(Nc1ccccc1)C(F)Sc1n[nH]c(-c2ccoc2)n1. The maximum Gasteiger partial charge on any atom is 0.269 e. The lowest BCUT2D eigenvalue weighted by Gasteiger charge is -2.07. The molecule has 2 N–H and O–H groups in total. The van der Waals surface area contributed by atoms with Crippen molar-refractivity contribution in [2.24, 2.45) is 0 Å². The van der Waals surface area contributed by atoms with Crippen LogP contribution in [0, 0.1) is 0 Å². The molecule has 22 heavy (non-hydrogen) atoms. The van der Waals surface area contributed by atoms with Gasteiger partial charge in [0, 0.05) is 5.69 Å². The zero-order valence-electron chi connectivity index (χ0n) is 11.2. The number of nitrogens with one attached hydrogen (secondary N) is 2. The van der Waals surface area contributed by atoms with Gasteiger partial charge < -0.3 is 9.73 Å². The van der Waals surface area contributed by atoms with Crippen molar-refractivity contribution in [2.75, 3.05) is 5.32 Å². The number of aromatic nitrogens is 3. The Morgan fingerprint density at radius 2 is 2.14 bits per heavy atom. The molecule has 0 fully saturated rings. The number of carbonyl (C=O) groups is 1. The van der Waals surface area contributed by atoms with E-state index in [1.807, 2.05) is 6.07 Å². The van der Waals surface area contributed by atoms with Gasteiger partial charge in [-0.15, -0.1) is 5.10 Å². The van der Waals surface area contributed by atoms with Gasteiger partial charge in [-0.1, -0.05) is 18.2 Å². The monoisotopic (exact) mass is 318 g/mol. The van der Waals surface area contributed by atoms with Crippen molar-refractivity contribution in [1.82, 2.24) is 15.2 Å². The standard InChI is InChI=1S/C14H11FN4O2S/c15-11(13(20)16-10-4-2-1-3-5-10)22-14-17-12(18-19-14)9-6-7-21-8-9/h1-8,11H,(H,16,20)(H,17,18,19). The number of para-hydroxylation sites is 1. The summed E-state index contributed by atoms with van der Waals surface area (Å²) in [5, 5.41) is 9.15. The molecular weight excluding hydrogens is 307 g/mol. The second-order valence-electron chi connectivity index (χ2n) is 4.27. The molecular formula is C14H11FN4O2S. The van der Waals surface area contributed by atoms with Gasteiger partial charge in [0.1, 0.15) is 6.26 Å². The Hall–Kier alpha value is -2.61. The van der Waals surface area contributed by atoms with E-state index in [2.05, 4.69) is 20.5 Å². The average molecular weight is 318 g/mol. The van der Waals surface area contributed by atoms with E-state index in [0.29, 0.717) is 28.8 Å². The number of furan rings is 1. The van der Waals surface area contributed by atoms with Crippen LogP contribution in [0.25, 0.3) is 11.4 Å². The van der Waals surface area contributed by atoms with Gasteiger partial charge in [0.15, 0.2) is 5.82 Å². The molecule has 1 amide bonds. The van der Waals surface area contributed by atoms with Crippen LogP contribution in [-0.2, 0) is 4.79 Å². The summed E-state index contributed by atoms with van der Waals surface area (Å²) in [4.78, 5) is 15.9. The van der Waals surface area contributed by atoms with Gasteiger partial charge in [-0.2, -0.15) is 0 Å². The number of thioether (sulfide) groups is 1. The van der Waals surface area contributed by atoms with E-state index in [0.717, 1.165) is 0 Å². The summed E-state index contributed by atoms with van der Waals surface area (Å²) in [5.74, 6) is -0.308. The van der Waals surface area contributed by atoms with Gasteiger partial charge in [0.05, 0.1) is 11.8 Å². The second-order valence-corrected chi connectivity index (χ2v) is 5.28. The highest BCUT2D eigenvalue weighted by atomic mass is 32.2. The van der Waals surface area contributed by atoms with Crippen LogP contribution in [0.3, 0.4) is 0 Å². The number of aromatic amines is 1. The van der Waals surface area contributed by atoms with Crippen LogP contribution in [0.1, 0.15) is 0 Å². The molecule has 0 aliphatic rings. The molecule has 2 aromatic heterocycles. The minimum Gasteiger partial charge on any atom is -0.472 e. The minimum absolute atomic E-state index is 0.145. The van der Waals surface area contributed by atoms with Crippen LogP contribution in [0.5, 0.6) is 0 Å². The lowest BCUT2D eigenvalue weighted by atomic mass is 10.3. The molecule has 3 aromatic rings. The van der Waals surface area contributed by atoms with E-state index in [4.69, 9.17) is 4.42 Å². The number of hydrogen-bond acceptors (Lipinski definition) is 5. The molecule has 1 aromatic carbocycles. The third-order valence-corrected chi connectivity index (χ3v) is 3.53. The Kier molecular flexibility index (Phi) is 4.19. The van der Waals surface area contributed by atoms with Crippen molar-refractivity contribution in [2.45, 2.75) is 10.7 Å². The zero-order chi connectivity index (χ0) is 15.4. The number of hydrogen-bond donors (Lipinski definition) is 2. The predicted molar refractivity (Wildman–Crippen MR) is 79.9 cm³/mol. The summed E-state index contributed by atoms with van der Waals surface area (Å²) in [6, 6.07) is 10.4. The summed E-state index contributed by atoms with van der Waals surface area (Å²) < 4.78 is 18.9. The highest BCUT2D eigenvalue weighted by Crippen LogP contribution is 2.24. The normalized spacial score (nSPS) is 12.0. The first-order valence-electron chi connectivity index (χ1n) is 6.34. The maximum absolute atomic E-state index is 14.0. The van der Waals surface area contributed by atoms with Gasteiger partial charge >= 0.3 is 0 Å². The van der Waals surface area contributed by atoms with E-state index in [9.17, 15) is 9.18 Å². The van der Waals surface area contributed by atoms with Crippen LogP contribution < -0.4 is 5.32 Å². The number of nitrogens with zero attached hydrogens (tertiary/aromatic N) is 2. The predicted octanol–water partition coefficient (Wildman–Crippen LogP) is 3.09. The topological polar surface area (TPSA) is 83.8 Å². The fraction of sp³-hybridized carbons (Fsp3) is 0.0714. The molecule has 1 unspecified atom stereocenters. The molecule has 2 heterocycles. The van der Waals surface area contributed by atoms with E-state index in [-0.39, 0.29) is 5.16 Å². The fourth-order valence-corrected chi connectivity index (χ4v) is 2.29. The largest absolute Gasteiger partial charge is 0.472 e. The van der Waals surface area contributed by atoms with E-state index >= 15 is 0 Å². The molecule has 0 saturated carbocycles. The first kappa shape index (κ1) is 14.3. The van der Waals surface area contributed by atoms with Gasteiger partial charge in [0.25, 0.3) is 5.91 Å². The summed E-state index contributed by atoms with van der Waals surface area (Å²) >= 11 is 0.626. The van der Waals surface area contributed by atoms with Crippen molar-refractivity contribution in [3.63, 3.8) is 0 Å². The molecule has 0 bridgehead atoms. The van der Waals surface area contributed by atoms with Crippen LogP contribution in [-0.4, -0.2) is 26.6 Å². The average Bonchev–Trinajstić information content (AvgIpc) is 3.19. The van der Waals surface area contributed by atoms with Gasteiger partial charge in [-0.05, 0) is 30.0 Å². The molecule has 3 rings (SSSR count). The Morgan fingerprint density at radius 1 is 1.32 bits per heavy atom. The van der Waals surface area contributed by atoms with Crippen LogP contribution in [0.4, 0.5) is 10.1 Å². The number of carbonyl (C=O) groups excluding carboxylic acids is 1. The van der Waals surface area contributed by atoms with Crippen LogP contribution in [0.15, 0.2) is 58.5 Å². The maximum atomic E-state index is 14.0. The Labute approximate surface area is 129 Å². The highest BCUT2D eigenvalue weighted by molar-refractivity contribution is 8.00. The highest BCUT2D eigenvalue weighted by Gasteiger charge is 2.21. The van der Waals surface area contributed by atoms with Gasteiger partial charge in [-0.25, -0.2) is 9.37 Å². The number of H-pyrrole nitrogens is 1. The zero-order valence-corrected chi connectivity index (χ0v) is 12.0. The Morgan fingerprint density at radius 3 is 2.86 bits per heavy atom. The van der Waals surface area contributed by atoms with Crippen molar-refractivity contribution in [3.05, 3.63) is 48.9 Å². The summed E-state index contributed by atoms with van der Waals surface area (Å²) in [6.45, 7) is 0. The lowest BCUT2D eigenvalue weighted by molar-refractivity contribution is -0.118. The number of amides is 1. The number of halogens is 1. The Bertz CT molecular complexity index is 745. The molecule has 6 nitrogen and oxygen atoms in total. The van der Waals surface area contributed by atoms with E-state index < -0.39 is 11.4 Å². The molecule has 8 heteroatoms. The van der Waals surface area contributed by atoms with Crippen LogP contribution >= 0.6 is 11.8 Å². The Balaban J connectivity index is 1.62. The number of alkyl halides is 1. The van der Waals surface area contributed by atoms with Crippen molar-refractivity contribution >= 4 is 23.4 Å². The van der Waals surface area contributed by atoms with E-state index in [1.54, 1.807) is 30.3 Å². The number of rotatable bonds is 5. The molecule has 1 atom stereocenters. The minimum atomic E-state index is -1.81. The molecule has 0 spiro atoms. The molecule has 0 aliphatic carbocycles. The molecule has 0 saturated heterocycles. The number of benzene rings is 1. The van der Waals surface area contributed by atoms with Crippen molar-refractivity contribution in [1.29, 1.82) is 0 Å². The van der Waals surface area contributed by atoms with E-state index in [1.165, 1.54) is 12.5 Å². The fourth-order valence-electron chi connectivity index (χ4n) is 1.69.